The van der Waals surface area contributed by atoms with Crippen molar-refractivity contribution in [3.05, 3.63) is 77.9 Å². The van der Waals surface area contributed by atoms with Gasteiger partial charge in [-0.05, 0) is 18.1 Å². The van der Waals surface area contributed by atoms with Gasteiger partial charge in [0.05, 0.1) is 12.8 Å². The summed E-state index contributed by atoms with van der Waals surface area (Å²) in [6, 6.07) is 21.6. The van der Waals surface area contributed by atoms with Crippen LogP contribution in [0.4, 0.5) is 16.4 Å². The number of nitrogen functional groups attached to an aromatic ring is 1. The van der Waals surface area contributed by atoms with Gasteiger partial charge in [-0.1, -0.05) is 72.4 Å². The van der Waals surface area contributed by atoms with Crippen molar-refractivity contribution in [2.75, 3.05) is 17.7 Å². The summed E-state index contributed by atoms with van der Waals surface area (Å²) in [7, 11) is 0. The maximum absolute atomic E-state index is 11.8. The summed E-state index contributed by atoms with van der Waals surface area (Å²) < 4.78 is 6.65. The maximum Gasteiger partial charge on any atom is 0.412 e. The number of nitrogens with zero attached hydrogens (tertiary/aromatic N) is 4. The first-order valence-electron chi connectivity index (χ1n) is 10.0. The molecule has 2 aromatic heterocycles. The number of ether oxygens (including phenoxy) is 1. The number of thioether (sulfide) groups is 1. The number of benzene rings is 2. The van der Waals surface area contributed by atoms with Crippen LogP contribution >= 0.6 is 11.8 Å². The van der Waals surface area contributed by atoms with E-state index in [-0.39, 0.29) is 18.2 Å². The van der Waals surface area contributed by atoms with Crippen LogP contribution in [0.25, 0.3) is 11.0 Å². The predicted molar refractivity (Wildman–Crippen MR) is 128 cm³/mol. The topological polar surface area (TPSA) is 107 Å². The Balaban J connectivity index is 1.73. The molecular formula is C23H22N6O2S. The number of nitrogens with one attached hydrogen (secondary N) is 1. The molecule has 0 bridgehead atoms. The van der Waals surface area contributed by atoms with E-state index < -0.39 is 6.09 Å². The number of hydrogen-bond acceptors (Lipinski definition) is 7. The van der Waals surface area contributed by atoms with Crippen molar-refractivity contribution in [3.63, 3.8) is 0 Å². The highest BCUT2D eigenvalue weighted by atomic mass is 32.2. The van der Waals surface area contributed by atoms with Crippen LogP contribution < -0.4 is 11.1 Å². The van der Waals surface area contributed by atoms with Gasteiger partial charge < -0.3 is 10.5 Å². The van der Waals surface area contributed by atoms with E-state index in [4.69, 9.17) is 10.5 Å². The van der Waals surface area contributed by atoms with Crippen LogP contribution in [0.1, 0.15) is 18.1 Å². The SMILES string of the molecule is CCOC(=O)Nc1cc2c(nc(SCc3ccccc3)n2/N=C/c2ccccc2)c(N)n1. The Bertz CT molecular complexity index is 1240. The van der Waals surface area contributed by atoms with Crippen LogP contribution in [-0.2, 0) is 10.5 Å². The van der Waals surface area contributed by atoms with Crippen molar-refractivity contribution in [3.8, 4) is 0 Å². The zero-order valence-electron chi connectivity index (χ0n) is 17.4. The van der Waals surface area contributed by atoms with Gasteiger partial charge in [0.2, 0.25) is 0 Å². The van der Waals surface area contributed by atoms with Gasteiger partial charge >= 0.3 is 6.09 Å². The molecule has 0 saturated carbocycles. The number of aromatic nitrogens is 3. The fourth-order valence-corrected chi connectivity index (χ4v) is 3.90. The first-order chi connectivity index (χ1) is 15.6. The standard InChI is InChI=1S/C23H22N6O2S/c1-2-31-23(30)27-19-13-18-20(21(24)26-19)28-22(32-15-17-11-7-4-8-12-17)29(18)25-14-16-9-5-3-6-10-16/h3-14H,2,15H2,1H3,(H3,24,26,27,30)/b25-14+. The number of nitrogens with two attached hydrogens (primary N) is 1. The molecule has 32 heavy (non-hydrogen) atoms. The molecule has 0 atom stereocenters. The number of anilines is 2. The second kappa shape index (κ2) is 9.97. The van der Waals surface area contributed by atoms with E-state index in [0.717, 1.165) is 5.56 Å². The molecular weight excluding hydrogens is 424 g/mol. The van der Waals surface area contributed by atoms with Gasteiger partial charge in [-0.2, -0.15) is 5.10 Å². The number of rotatable bonds is 7. The average Bonchev–Trinajstić information content (AvgIpc) is 3.16. The number of imidazole rings is 1. The minimum Gasteiger partial charge on any atom is -0.450 e. The second-order valence-electron chi connectivity index (χ2n) is 6.74. The zero-order valence-corrected chi connectivity index (χ0v) is 18.2. The normalized spacial score (nSPS) is 11.2. The highest BCUT2D eigenvalue weighted by Crippen LogP contribution is 2.30. The highest BCUT2D eigenvalue weighted by molar-refractivity contribution is 7.98. The van der Waals surface area contributed by atoms with Gasteiger partial charge in [-0.3, -0.25) is 5.32 Å². The van der Waals surface area contributed by atoms with Gasteiger partial charge in [-0.15, -0.1) is 0 Å². The molecule has 0 fully saturated rings. The van der Waals surface area contributed by atoms with Crippen molar-refractivity contribution in [1.29, 1.82) is 0 Å². The van der Waals surface area contributed by atoms with E-state index in [1.165, 1.54) is 5.56 Å². The lowest BCUT2D eigenvalue weighted by molar-refractivity contribution is 0.168. The largest absolute Gasteiger partial charge is 0.450 e. The highest BCUT2D eigenvalue weighted by Gasteiger charge is 2.17. The monoisotopic (exact) mass is 446 g/mol. The van der Waals surface area contributed by atoms with Crippen LogP contribution in [0.15, 0.2) is 77.0 Å². The van der Waals surface area contributed by atoms with E-state index in [2.05, 4.69) is 32.5 Å². The van der Waals surface area contributed by atoms with E-state index >= 15 is 0 Å². The van der Waals surface area contributed by atoms with Crippen molar-refractivity contribution < 1.29 is 9.53 Å². The molecule has 162 valence electrons. The molecule has 1 amide bonds. The Morgan fingerprint density at radius 1 is 1.16 bits per heavy atom. The molecule has 8 nitrogen and oxygen atoms in total. The molecule has 4 rings (SSSR count). The first-order valence-corrected chi connectivity index (χ1v) is 11.0. The number of amides is 1. The molecule has 2 aromatic carbocycles. The lowest BCUT2D eigenvalue weighted by atomic mass is 10.2. The number of carbonyl (C=O) groups excluding carboxylic acids is 1. The molecule has 9 heteroatoms. The van der Waals surface area contributed by atoms with Crippen LogP contribution in [-0.4, -0.2) is 33.6 Å². The van der Waals surface area contributed by atoms with Gasteiger partial charge in [0, 0.05) is 11.8 Å². The third kappa shape index (κ3) is 5.06. The van der Waals surface area contributed by atoms with E-state index in [1.807, 2.05) is 48.5 Å². The predicted octanol–water partition coefficient (Wildman–Crippen LogP) is 4.76. The summed E-state index contributed by atoms with van der Waals surface area (Å²) in [5.74, 6) is 1.18. The Morgan fingerprint density at radius 2 is 1.88 bits per heavy atom. The second-order valence-corrected chi connectivity index (χ2v) is 7.68. The van der Waals surface area contributed by atoms with Gasteiger partial charge in [0.15, 0.2) is 11.0 Å². The maximum atomic E-state index is 11.8. The molecule has 0 aliphatic carbocycles. The fourth-order valence-electron chi connectivity index (χ4n) is 2.99. The van der Waals surface area contributed by atoms with Crippen LogP contribution in [0.2, 0.25) is 0 Å². The van der Waals surface area contributed by atoms with Crippen LogP contribution in [0, 0.1) is 0 Å². The van der Waals surface area contributed by atoms with E-state index in [1.54, 1.807) is 35.6 Å². The van der Waals surface area contributed by atoms with Crippen molar-refractivity contribution in [2.45, 2.75) is 17.8 Å². The minimum atomic E-state index is -0.601. The fraction of sp³-hybridized carbons (Fsp3) is 0.130. The molecule has 0 aliphatic rings. The number of pyridine rings is 1. The molecule has 0 saturated heterocycles. The third-order valence-corrected chi connectivity index (χ3v) is 5.45. The van der Waals surface area contributed by atoms with Gasteiger partial charge in [0.1, 0.15) is 16.9 Å². The Kier molecular flexibility index (Phi) is 6.66. The number of hydrogen-bond donors (Lipinski definition) is 2. The van der Waals surface area contributed by atoms with E-state index in [0.29, 0.717) is 21.9 Å². The van der Waals surface area contributed by atoms with Crippen LogP contribution in [0.5, 0.6) is 0 Å². The number of carbonyl (C=O) groups is 1. The molecule has 0 unspecified atom stereocenters. The molecule has 0 aliphatic heterocycles. The summed E-state index contributed by atoms with van der Waals surface area (Å²) in [4.78, 5) is 20.8. The zero-order chi connectivity index (χ0) is 22.3. The van der Waals surface area contributed by atoms with Crippen molar-refractivity contribution in [1.82, 2.24) is 14.6 Å². The van der Waals surface area contributed by atoms with E-state index in [9.17, 15) is 4.79 Å². The van der Waals surface area contributed by atoms with Gasteiger partial charge in [-0.25, -0.2) is 19.4 Å². The summed E-state index contributed by atoms with van der Waals surface area (Å²) in [5.41, 5.74) is 9.42. The molecule has 3 N–H and O–H groups in total. The summed E-state index contributed by atoms with van der Waals surface area (Å²) in [6.45, 7) is 1.98. The summed E-state index contributed by atoms with van der Waals surface area (Å²) in [5, 5.41) is 7.91. The average molecular weight is 447 g/mol. The Labute approximate surface area is 189 Å². The Hall–Kier alpha value is -3.85. The Morgan fingerprint density at radius 3 is 2.59 bits per heavy atom. The molecule has 0 spiro atoms. The molecule has 2 heterocycles. The quantitative estimate of drug-likeness (QED) is 0.313. The summed E-state index contributed by atoms with van der Waals surface area (Å²) >= 11 is 1.54. The smallest absolute Gasteiger partial charge is 0.412 e. The number of fused-ring (bicyclic) bond motifs is 1. The lowest BCUT2D eigenvalue weighted by Gasteiger charge is -2.06. The minimum absolute atomic E-state index is 0.199. The van der Waals surface area contributed by atoms with Crippen molar-refractivity contribution in [2.24, 2.45) is 5.10 Å². The molecule has 4 aromatic rings. The lowest BCUT2D eigenvalue weighted by Crippen LogP contribution is -2.14. The van der Waals surface area contributed by atoms with Crippen LogP contribution in [0.3, 0.4) is 0 Å². The van der Waals surface area contributed by atoms with Crippen molar-refractivity contribution >= 4 is 46.7 Å². The molecule has 0 radical (unpaired) electrons. The first kappa shape index (κ1) is 21.4. The summed E-state index contributed by atoms with van der Waals surface area (Å²) in [6.07, 6.45) is 1.15. The third-order valence-electron chi connectivity index (χ3n) is 4.45. The van der Waals surface area contributed by atoms with Gasteiger partial charge in [0.25, 0.3) is 0 Å².